The van der Waals surface area contributed by atoms with Gasteiger partial charge in [0.15, 0.2) is 0 Å². The number of nitro benzene ring substituents is 1. The number of aromatic amines is 1. The Bertz CT molecular complexity index is 3840. The smallest absolute Gasteiger partial charge is 0.293 e. The Morgan fingerprint density at radius 3 is 2.42 bits per heavy atom. The van der Waals surface area contributed by atoms with Crippen LogP contribution in [0.3, 0.4) is 0 Å². The lowest BCUT2D eigenvalue weighted by Crippen LogP contribution is -2.52. The van der Waals surface area contributed by atoms with Gasteiger partial charge in [0.25, 0.3) is 27.5 Å². The Kier molecular flexibility index (Phi) is 19.0. The second-order valence-corrected chi connectivity index (χ2v) is 28.9. The van der Waals surface area contributed by atoms with Crippen LogP contribution in [0.15, 0.2) is 119 Å². The molecule has 3 saturated heterocycles. The molecule has 2 aromatic heterocycles. The molecule has 1 saturated carbocycles. The zero-order chi connectivity index (χ0) is 62.7. The number of halogens is 1. The fourth-order valence-corrected chi connectivity index (χ4v) is 16.0. The number of piperazine rings is 2. The van der Waals surface area contributed by atoms with Crippen LogP contribution in [0, 0.1) is 21.4 Å². The normalized spacial score (nSPS) is 21.1. The van der Waals surface area contributed by atoms with E-state index < -0.39 is 43.4 Å². The number of benzene rings is 4. The fourth-order valence-electron chi connectivity index (χ4n) is 13.8. The number of rotatable bonds is 21. The number of anilines is 2. The number of thioether (sulfide) groups is 1. The quantitative estimate of drug-likeness (QED) is 0.0172. The van der Waals surface area contributed by atoms with Crippen LogP contribution in [0.4, 0.5) is 17.1 Å². The molecule has 0 spiro atoms. The van der Waals surface area contributed by atoms with Gasteiger partial charge in [0, 0.05) is 129 Å². The third-order valence-corrected chi connectivity index (χ3v) is 21.8. The molecule has 6 aromatic rings. The number of carbonyl (C=O) groups excluding carboxylic acids is 4. The predicted molar refractivity (Wildman–Crippen MR) is 350 cm³/mol. The van der Waals surface area contributed by atoms with E-state index in [1.807, 2.05) is 30.3 Å². The average molecular weight is 1280 g/mol. The summed E-state index contributed by atoms with van der Waals surface area (Å²) in [6, 6.07) is 26.2. The first-order chi connectivity index (χ1) is 43.4. The first kappa shape index (κ1) is 62.8. The number of carbonyl (C=O) groups is 4. The lowest BCUT2D eigenvalue weighted by atomic mass is 9.72. The van der Waals surface area contributed by atoms with Crippen molar-refractivity contribution in [1.82, 2.24) is 39.6 Å². The number of nitro groups is 1. The number of nitrogens with one attached hydrogen (secondary N) is 4. The number of allylic oxidation sites excluding steroid dienone is 1. The molecule has 20 nitrogen and oxygen atoms in total. The number of amides is 4. The van der Waals surface area contributed by atoms with Crippen molar-refractivity contribution in [3.05, 3.63) is 146 Å². The Hall–Kier alpha value is -7.34. The standard InChI is InChI=1S/C67H78ClN11O9S2/c1-67(2)24-22-47(55(39-67)45-10-12-48(68)13-11-45)42-75-29-33-77(34-30-75)50-16-18-54(60(37-50)88-51-36-46-23-25-69-63(46)71-41-51)64(81)73-90(86,87)52-17-19-57(59(38-52)79(84)85)70-40-44-8-14-49(15-9-44)76-31-27-74(28-32-76)26-3-4-35-89-61-7-5-6-53-56(61)43-78(66(53)83)58-20-21-62(80)72-65(58)82/h5-7,10-13,16-19,23,25,36-38,41,44,49,58,70H,3-4,8-9,14-15,20-22,24,26-35,39-40,42-43H2,1-2H3,(H,69,71)(H,73,81)(H,72,80,82)/t44-,49+,58?. The van der Waals surface area contributed by atoms with Gasteiger partial charge in [-0.15, -0.1) is 11.8 Å². The van der Waals surface area contributed by atoms with Crippen LogP contribution in [0.5, 0.6) is 11.5 Å². The maximum Gasteiger partial charge on any atom is 0.293 e. The maximum atomic E-state index is 14.2. The predicted octanol–water partition coefficient (Wildman–Crippen LogP) is 10.7. The minimum absolute atomic E-state index is 0.0433. The second kappa shape index (κ2) is 27.2. The van der Waals surface area contributed by atoms with Crippen molar-refractivity contribution in [2.75, 3.05) is 88.0 Å². The second-order valence-electron chi connectivity index (χ2n) is 25.6. The number of sulfonamides is 1. The molecule has 0 bridgehead atoms. The highest BCUT2D eigenvalue weighted by atomic mass is 35.5. The largest absolute Gasteiger partial charge is 0.455 e. The van der Waals surface area contributed by atoms with Crippen LogP contribution in [-0.2, 0) is 26.2 Å². The summed E-state index contributed by atoms with van der Waals surface area (Å²) in [4.78, 5) is 83.3. The number of H-pyrrole nitrogens is 1. The maximum absolute atomic E-state index is 14.2. The van der Waals surface area contributed by atoms with Gasteiger partial charge in [0.1, 0.15) is 28.9 Å². The molecule has 4 amide bonds. The van der Waals surface area contributed by atoms with E-state index in [0.29, 0.717) is 55.6 Å². The number of piperidine rings is 1. The molecule has 6 heterocycles. The van der Waals surface area contributed by atoms with Gasteiger partial charge in [-0.2, -0.15) is 0 Å². The van der Waals surface area contributed by atoms with Crippen LogP contribution in [0.25, 0.3) is 16.6 Å². The van der Waals surface area contributed by atoms with E-state index in [9.17, 15) is 37.7 Å². The molecule has 1 atom stereocenters. The van der Waals surface area contributed by atoms with E-state index >= 15 is 0 Å². The Labute approximate surface area is 534 Å². The molecule has 90 heavy (non-hydrogen) atoms. The van der Waals surface area contributed by atoms with Gasteiger partial charge in [-0.1, -0.05) is 49.2 Å². The number of aromatic nitrogens is 2. The Morgan fingerprint density at radius 2 is 1.66 bits per heavy atom. The van der Waals surface area contributed by atoms with E-state index in [1.165, 1.54) is 35.0 Å². The van der Waals surface area contributed by atoms with Crippen molar-refractivity contribution in [3.8, 4) is 11.5 Å². The number of imide groups is 1. The number of nitrogens with zero attached hydrogens (tertiary/aromatic N) is 7. The summed E-state index contributed by atoms with van der Waals surface area (Å²) < 4.78 is 36.6. The summed E-state index contributed by atoms with van der Waals surface area (Å²) in [6.45, 7) is 14.5. The van der Waals surface area contributed by atoms with Crippen molar-refractivity contribution in [3.63, 3.8) is 0 Å². The lowest BCUT2D eigenvalue weighted by molar-refractivity contribution is -0.384. The minimum Gasteiger partial charge on any atom is -0.455 e. The van der Waals surface area contributed by atoms with E-state index in [0.717, 1.165) is 149 Å². The van der Waals surface area contributed by atoms with E-state index in [2.05, 4.69) is 77.0 Å². The van der Waals surface area contributed by atoms with Gasteiger partial charge in [0.2, 0.25) is 11.8 Å². The summed E-state index contributed by atoms with van der Waals surface area (Å²) >= 11 is 8.04. The molecular weight excluding hydrogens is 1200 g/mol. The third kappa shape index (κ3) is 14.5. The number of pyridine rings is 1. The molecule has 23 heteroatoms. The third-order valence-electron chi connectivity index (χ3n) is 19.0. The molecular formula is C67H78ClN11O9S2. The van der Waals surface area contributed by atoms with Crippen molar-refractivity contribution in [2.45, 2.75) is 113 Å². The number of fused-ring (bicyclic) bond motifs is 2. The van der Waals surface area contributed by atoms with Gasteiger partial charge in [-0.05, 0) is 165 Å². The molecule has 0 radical (unpaired) electrons. The SMILES string of the molecule is CC1(C)CCC(CN2CCN(c3ccc(C(=O)NS(=O)(=O)c4ccc(NC[C@H]5CC[C@@H](N6CCN(CCCCSc7cccc8c7CN(C7CCC(=O)NC7=O)C8=O)CC6)CC5)c([N+](=O)[O-])c4)c(Oc4cnc5[nH]ccc5c4)c3)CC2)=C(c2ccc(Cl)cc2)C1. The summed E-state index contributed by atoms with van der Waals surface area (Å²) in [7, 11) is -4.62. The number of hydrogen-bond acceptors (Lipinski definition) is 16. The zero-order valence-corrected chi connectivity index (χ0v) is 53.4. The average Bonchev–Trinajstić information content (AvgIpc) is 1.60. The van der Waals surface area contributed by atoms with E-state index in [-0.39, 0.29) is 46.6 Å². The topological polar surface area (TPSA) is 236 Å². The molecule has 6 aliphatic rings. The summed E-state index contributed by atoms with van der Waals surface area (Å²) in [6.07, 6.45) is 13.1. The van der Waals surface area contributed by atoms with Crippen LogP contribution in [-0.4, -0.2) is 156 Å². The molecule has 2 aliphatic carbocycles. The first-order valence-corrected chi connectivity index (χ1v) is 34.4. The molecule has 1 unspecified atom stereocenters. The number of hydrogen-bond donors (Lipinski definition) is 4. The van der Waals surface area contributed by atoms with E-state index in [4.69, 9.17) is 16.3 Å². The van der Waals surface area contributed by atoms with E-state index in [1.54, 1.807) is 47.1 Å². The van der Waals surface area contributed by atoms with Gasteiger partial charge in [-0.25, -0.2) is 18.1 Å². The van der Waals surface area contributed by atoms with Gasteiger partial charge >= 0.3 is 0 Å². The first-order valence-electron chi connectivity index (χ1n) is 31.5. The highest BCUT2D eigenvalue weighted by Crippen LogP contribution is 2.44. The van der Waals surface area contributed by atoms with Crippen LogP contribution in [0.1, 0.15) is 116 Å². The van der Waals surface area contributed by atoms with Crippen LogP contribution < -0.4 is 25.0 Å². The summed E-state index contributed by atoms with van der Waals surface area (Å²) in [5.74, 6) is -0.129. The summed E-state index contributed by atoms with van der Waals surface area (Å²) in [5.41, 5.74) is 7.12. The lowest BCUT2D eigenvalue weighted by Gasteiger charge is -2.42. The number of ether oxygens (including phenoxy) is 1. The Morgan fingerprint density at radius 1 is 0.878 bits per heavy atom. The summed E-state index contributed by atoms with van der Waals surface area (Å²) in [5, 5.41) is 19.7. The molecule has 4 N–H and O–H groups in total. The monoisotopic (exact) mass is 1280 g/mol. The molecule has 4 aliphatic heterocycles. The number of unbranched alkanes of at least 4 members (excludes halogenated alkanes) is 1. The van der Waals surface area contributed by atoms with Gasteiger partial charge in [-0.3, -0.25) is 44.4 Å². The van der Waals surface area contributed by atoms with Crippen molar-refractivity contribution >= 4 is 90.7 Å². The van der Waals surface area contributed by atoms with Crippen LogP contribution >= 0.6 is 23.4 Å². The zero-order valence-electron chi connectivity index (χ0n) is 51.0. The molecule has 4 aromatic carbocycles. The highest BCUT2D eigenvalue weighted by molar-refractivity contribution is 7.99. The van der Waals surface area contributed by atoms with Crippen molar-refractivity contribution in [1.29, 1.82) is 0 Å². The molecule has 12 rings (SSSR count). The van der Waals surface area contributed by atoms with Gasteiger partial charge in [0.05, 0.1) is 21.6 Å². The highest BCUT2D eigenvalue weighted by Gasteiger charge is 2.40. The minimum atomic E-state index is -4.62. The molecule has 474 valence electrons. The Balaban J connectivity index is 0.612. The van der Waals surface area contributed by atoms with Crippen molar-refractivity contribution < 1.29 is 37.3 Å². The molecule has 4 fully saturated rings. The fraction of sp³-hybridized carbons (Fsp3) is 0.448. The van der Waals surface area contributed by atoms with Gasteiger partial charge < -0.3 is 29.7 Å². The van der Waals surface area contributed by atoms with Crippen LogP contribution in [0.2, 0.25) is 5.02 Å². The van der Waals surface area contributed by atoms with Crippen molar-refractivity contribution in [2.24, 2.45) is 11.3 Å².